The van der Waals surface area contributed by atoms with Crippen LogP contribution in [0.3, 0.4) is 0 Å². The summed E-state index contributed by atoms with van der Waals surface area (Å²) in [5.41, 5.74) is 2.89. The molecule has 0 unspecified atom stereocenters. The molecule has 0 saturated heterocycles. The zero-order valence-electron chi connectivity index (χ0n) is 12.0. The molecule has 0 aliphatic carbocycles. The highest BCUT2D eigenvalue weighted by atomic mass is 16.4. The molecule has 1 N–H and O–H groups in total. The number of nitrogens with zero attached hydrogens (tertiary/aromatic N) is 1. The van der Waals surface area contributed by atoms with Gasteiger partial charge in [-0.2, -0.15) is 0 Å². The summed E-state index contributed by atoms with van der Waals surface area (Å²) in [6.45, 7) is 2.53. The predicted octanol–water partition coefficient (Wildman–Crippen LogP) is 2.97. The Kier molecular flexibility index (Phi) is 4.38. The standard InChI is InChI=1S/C17H17NO3/c1-12-5-3-4-6-15(12)11-18(2)16(19)13-7-9-14(10-8-13)17(20)21/h3-10H,11H2,1-2H3,(H,20,21). The lowest BCUT2D eigenvalue weighted by Crippen LogP contribution is -2.26. The Bertz CT molecular complexity index is 662. The average Bonchev–Trinajstić information content (AvgIpc) is 2.49. The van der Waals surface area contributed by atoms with Crippen molar-refractivity contribution in [2.24, 2.45) is 0 Å². The molecule has 2 aromatic carbocycles. The first-order valence-corrected chi connectivity index (χ1v) is 6.62. The Balaban J connectivity index is 2.12. The number of carboxylic acid groups (broad SMARTS) is 1. The van der Waals surface area contributed by atoms with Gasteiger partial charge in [-0.25, -0.2) is 4.79 Å². The number of hydrogen-bond donors (Lipinski definition) is 1. The molecule has 108 valence electrons. The summed E-state index contributed by atoms with van der Waals surface area (Å²) in [6, 6.07) is 13.9. The number of aromatic carboxylic acids is 1. The number of carboxylic acids is 1. The first-order valence-electron chi connectivity index (χ1n) is 6.62. The van der Waals surface area contributed by atoms with E-state index in [2.05, 4.69) is 0 Å². The second-order valence-electron chi connectivity index (χ2n) is 4.97. The summed E-state index contributed by atoms with van der Waals surface area (Å²) in [7, 11) is 1.74. The summed E-state index contributed by atoms with van der Waals surface area (Å²) in [5, 5.41) is 8.85. The lowest BCUT2D eigenvalue weighted by atomic mass is 10.1. The molecule has 0 atom stereocenters. The van der Waals surface area contributed by atoms with E-state index < -0.39 is 5.97 Å². The number of aryl methyl sites for hydroxylation is 1. The number of amides is 1. The largest absolute Gasteiger partial charge is 0.478 e. The molecular weight excluding hydrogens is 266 g/mol. The van der Waals surface area contributed by atoms with Crippen LogP contribution in [0.15, 0.2) is 48.5 Å². The van der Waals surface area contributed by atoms with E-state index in [1.165, 1.54) is 12.1 Å². The Morgan fingerprint density at radius 3 is 2.14 bits per heavy atom. The molecule has 0 aliphatic heterocycles. The molecule has 0 aliphatic rings. The van der Waals surface area contributed by atoms with Crippen LogP contribution in [0.2, 0.25) is 0 Å². The van der Waals surface area contributed by atoms with Gasteiger partial charge in [-0.05, 0) is 42.3 Å². The Morgan fingerprint density at radius 2 is 1.57 bits per heavy atom. The van der Waals surface area contributed by atoms with Gasteiger partial charge in [-0.3, -0.25) is 4.79 Å². The van der Waals surface area contributed by atoms with Gasteiger partial charge < -0.3 is 10.0 Å². The molecule has 0 radical (unpaired) electrons. The van der Waals surface area contributed by atoms with Crippen LogP contribution in [0.25, 0.3) is 0 Å². The van der Waals surface area contributed by atoms with Gasteiger partial charge in [-0.15, -0.1) is 0 Å². The zero-order chi connectivity index (χ0) is 15.4. The van der Waals surface area contributed by atoms with Crippen molar-refractivity contribution in [3.8, 4) is 0 Å². The molecule has 4 heteroatoms. The van der Waals surface area contributed by atoms with E-state index in [4.69, 9.17) is 5.11 Å². The topological polar surface area (TPSA) is 57.6 Å². The van der Waals surface area contributed by atoms with Gasteiger partial charge in [0.2, 0.25) is 0 Å². The highest BCUT2D eigenvalue weighted by Gasteiger charge is 2.13. The van der Waals surface area contributed by atoms with E-state index in [-0.39, 0.29) is 11.5 Å². The van der Waals surface area contributed by atoms with Gasteiger partial charge in [0.15, 0.2) is 0 Å². The molecule has 2 rings (SSSR count). The van der Waals surface area contributed by atoms with E-state index in [0.717, 1.165) is 11.1 Å². The van der Waals surface area contributed by atoms with E-state index in [0.29, 0.717) is 12.1 Å². The van der Waals surface area contributed by atoms with Crippen LogP contribution in [0.1, 0.15) is 31.8 Å². The second-order valence-corrected chi connectivity index (χ2v) is 4.97. The van der Waals surface area contributed by atoms with Crippen LogP contribution in [0.5, 0.6) is 0 Å². The molecule has 0 spiro atoms. The fourth-order valence-electron chi connectivity index (χ4n) is 2.09. The van der Waals surface area contributed by atoms with Crippen LogP contribution in [0, 0.1) is 6.92 Å². The van der Waals surface area contributed by atoms with Gasteiger partial charge in [0.05, 0.1) is 5.56 Å². The maximum Gasteiger partial charge on any atom is 0.335 e. The van der Waals surface area contributed by atoms with Crippen molar-refractivity contribution in [2.45, 2.75) is 13.5 Å². The summed E-state index contributed by atoms with van der Waals surface area (Å²) >= 11 is 0. The van der Waals surface area contributed by atoms with Gasteiger partial charge >= 0.3 is 5.97 Å². The number of benzene rings is 2. The summed E-state index contributed by atoms with van der Waals surface area (Å²) in [5.74, 6) is -1.13. The van der Waals surface area contributed by atoms with E-state index in [1.54, 1.807) is 24.1 Å². The molecule has 2 aromatic rings. The van der Waals surface area contributed by atoms with Crippen molar-refractivity contribution >= 4 is 11.9 Å². The number of rotatable bonds is 4. The summed E-state index contributed by atoms with van der Waals surface area (Å²) < 4.78 is 0. The van der Waals surface area contributed by atoms with Crippen LogP contribution in [0.4, 0.5) is 0 Å². The molecule has 21 heavy (non-hydrogen) atoms. The SMILES string of the molecule is Cc1ccccc1CN(C)C(=O)c1ccc(C(=O)O)cc1. The minimum atomic E-state index is -0.998. The van der Waals surface area contributed by atoms with E-state index in [9.17, 15) is 9.59 Å². The first-order chi connectivity index (χ1) is 9.99. The molecule has 4 nitrogen and oxygen atoms in total. The Morgan fingerprint density at radius 1 is 1.00 bits per heavy atom. The second kappa shape index (κ2) is 6.22. The van der Waals surface area contributed by atoms with Crippen LogP contribution in [-0.2, 0) is 6.54 Å². The lowest BCUT2D eigenvalue weighted by Gasteiger charge is -2.18. The van der Waals surface area contributed by atoms with Crippen LogP contribution in [-0.4, -0.2) is 28.9 Å². The molecule has 0 heterocycles. The number of carbonyl (C=O) groups excluding carboxylic acids is 1. The fraction of sp³-hybridized carbons (Fsp3) is 0.176. The highest BCUT2D eigenvalue weighted by molar-refractivity contribution is 5.95. The predicted molar refractivity (Wildman–Crippen MR) is 80.4 cm³/mol. The molecule has 1 amide bonds. The van der Waals surface area contributed by atoms with Crippen molar-refractivity contribution in [2.75, 3.05) is 7.05 Å². The minimum Gasteiger partial charge on any atom is -0.478 e. The van der Waals surface area contributed by atoms with Crippen molar-refractivity contribution in [3.05, 3.63) is 70.8 Å². The smallest absolute Gasteiger partial charge is 0.335 e. The fourth-order valence-corrected chi connectivity index (χ4v) is 2.09. The van der Waals surface area contributed by atoms with E-state index in [1.807, 2.05) is 31.2 Å². The van der Waals surface area contributed by atoms with Gasteiger partial charge in [0, 0.05) is 19.2 Å². The minimum absolute atomic E-state index is 0.129. The van der Waals surface area contributed by atoms with Gasteiger partial charge in [0.25, 0.3) is 5.91 Å². The van der Waals surface area contributed by atoms with Crippen molar-refractivity contribution in [1.82, 2.24) is 4.90 Å². The maximum atomic E-state index is 12.3. The Hall–Kier alpha value is -2.62. The molecule has 0 aromatic heterocycles. The summed E-state index contributed by atoms with van der Waals surface area (Å²) in [6.07, 6.45) is 0. The molecule has 0 saturated carbocycles. The molecular formula is C17H17NO3. The Labute approximate surface area is 123 Å². The highest BCUT2D eigenvalue weighted by Crippen LogP contribution is 2.13. The quantitative estimate of drug-likeness (QED) is 0.938. The maximum absolute atomic E-state index is 12.3. The van der Waals surface area contributed by atoms with Crippen molar-refractivity contribution in [1.29, 1.82) is 0 Å². The molecule has 0 fully saturated rings. The van der Waals surface area contributed by atoms with Crippen LogP contribution < -0.4 is 0 Å². The monoisotopic (exact) mass is 283 g/mol. The number of hydrogen-bond acceptors (Lipinski definition) is 2. The summed E-state index contributed by atoms with van der Waals surface area (Å²) in [4.78, 5) is 24.7. The average molecular weight is 283 g/mol. The van der Waals surface area contributed by atoms with Crippen molar-refractivity contribution < 1.29 is 14.7 Å². The van der Waals surface area contributed by atoms with E-state index >= 15 is 0 Å². The van der Waals surface area contributed by atoms with Gasteiger partial charge in [0.1, 0.15) is 0 Å². The zero-order valence-corrected chi connectivity index (χ0v) is 12.0. The lowest BCUT2D eigenvalue weighted by molar-refractivity contribution is 0.0695. The normalized spacial score (nSPS) is 10.2. The third kappa shape index (κ3) is 3.48. The van der Waals surface area contributed by atoms with Gasteiger partial charge in [-0.1, -0.05) is 24.3 Å². The number of carbonyl (C=O) groups is 2. The van der Waals surface area contributed by atoms with Crippen LogP contribution >= 0.6 is 0 Å². The third-order valence-electron chi connectivity index (χ3n) is 3.39. The third-order valence-corrected chi connectivity index (χ3v) is 3.39. The van der Waals surface area contributed by atoms with Crippen molar-refractivity contribution in [3.63, 3.8) is 0 Å². The first kappa shape index (κ1) is 14.8. The molecule has 0 bridgehead atoms.